The molecule has 3 aliphatic heterocycles. The Bertz CT molecular complexity index is 2330. The van der Waals surface area contributed by atoms with E-state index >= 15 is 0 Å². The van der Waals surface area contributed by atoms with Crippen LogP contribution < -0.4 is 27.0 Å². The molecule has 6 heterocycles. The Balaban J connectivity index is 0.000000239. The average Bonchev–Trinajstić information content (AvgIpc) is 3.73. The van der Waals surface area contributed by atoms with Crippen molar-refractivity contribution in [1.29, 1.82) is 10.8 Å². The zero-order valence-electron chi connectivity index (χ0n) is 39.2. The molecule has 4 fully saturated rings. The number of fused-ring (bicyclic) bond motifs is 1. The first-order valence-electron chi connectivity index (χ1n) is 23.0. The maximum atomic E-state index is 12.9. The molecular weight excluding hydrogens is 908 g/mol. The normalized spacial score (nSPS) is 20.3. The molecule has 8 N–H and O–H groups in total. The fourth-order valence-electron chi connectivity index (χ4n) is 9.00. The average molecular weight is 974 g/mol. The Morgan fingerprint density at radius 2 is 1.60 bits per heavy atom. The van der Waals surface area contributed by atoms with Gasteiger partial charge in [-0.05, 0) is 102 Å². The van der Waals surface area contributed by atoms with E-state index in [-0.39, 0.29) is 41.9 Å². The third kappa shape index (κ3) is 14.5. The molecule has 3 saturated heterocycles. The van der Waals surface area contributed by atoms with E-state index in [0.717, 1.165) is 126 Å². The van der Waals surface area contributed by atoms with Crippen LogP contribution in [0.4, 0.5) is 22.9 Å². The first-order valence-corrected chi connectivity index (χ1v) is 23.8. The number of benzene rings is 1. The third-order valence-electron chi connectivity index (χ3n) is 13.0. The van der Waals surface area contributed by atoms with Crippen LogP contribution in [-0.2, 0) is 19.2 Å². The maximum Gasteiger partial charge on any atom is 0.231 e. The highest BCUT2D eigenvalue weighted by atomic mass is 35.5. The number of hydrogen-bond acceptors (Lipinski definition) is 14. The highest BCUT2D eigenvalue weighted by molar-refractivity contribution is 6.33. The number of carbonyl (C=O) groups is 4. The topological polar surface area (TPSA) is 248 Å². The number of hydrogen-bond donors (Lipinski definition) is 6. The number of nitrogens with two attached hydrogens (primary N) is 2. The molecule has 1 aliphatic carbocycles. The SMILES string of the molecule is C=C1CCC(c2ccc(N3CCC(CN4CCN(C(=O)C5CCC(C=O)CC5)CC4)CC3)cc2)C(=O)N1.C[C@H](c1c(Nc2cnc(N)c(Cl)c2)cnc2cc(Cl)nn12)N(C)C.N=CC=N.NC=O. The monoisotopic (exact) mass is 972 g/mol. The van der Waals surface area contributed by atoms with Gasteiger partial charge in [0.05, 0.1) is 46.4 Å². The van der Waals surface area contributed by atoms with Gasteiger partial charge < -0.3 is 52.4 Å². The van der Waals surface area contributed by atoms with Crippen molar-refractivity contribution in [3.8, 4) is 0 Å². The molecule has 4 aromatic rings. The number of pyridine rings is 1. The van der Waals surface area contributed by atoms with E-state index in [4.69, 9.17) is 44.5 Å². The Kier molecular flexibility index (Phi) is 20.3. The van der Waals surface area contributed by atoms with Gasteiger partial charge in [0.2, 0.25) is 18.2 Å². The predicted molar refractivity (Wildman–Crippen MR) is 270 cm³/mol. The lowest BCUT2D eigenvalue weighted by Gasteiger charge is -2.40. The molecule has 8 rings (SSSR count). The van der Waals surface area contributed by atoms with Gasteiger partial charge in [0.15, 0.2) is 10.8 Å². The molecule has 18 nitrogen and oxygen atoms in total. The number of carbonyl (C=O) groups excluding carboxylic acids is 4. The van der Waals surface area contributed by atoms with Gasteiger partial charge >= 0.3 is 0 Å². The summed E-state index contributed by atoms with van der Waals surface area (Å²) in [6.45, 7) is 12.8. The minimum atomic E-state index is -0.0708. The lowest BCUT2D eigenvalue weighted by atomic mass is 9.82. The van der Waals surface area contributed by atoms with Crippen molar-refractivity contribution >= 4 is 88.7 Å². The van der Waals surface area contributed by atoms with Gasteiger partial charge in [-0.15, -0.1) is 0 Å². The molecule has 1 unspecified atom stereocenters. The molecule has 1 saturated carbocycles. The van der Waals surface area contributed by atoms with Crippen molar-refractivity contribution in [3.63, 3.8) is 0 Å². The number of nitrogens with one attached hydrogen (secondary N) is 4. The van der Waals surface area contributed by atoms with E-state index in [1.54, 1.807) is 29.0 Å². The van der Waals surface area contributed by atoms with Crippen LogP contribution in [0.3, 0.4) is 0 Å². The summed E-state index contributed by atoms with van der Waals surface area (Å²) in [5.41, 5.74) is 16.1. The predicted octanol–water partition coefficient (Wildman–Crippen LogP) is 6.33. The Morgan fingerprint density at radius 1 is 0.956 bits per heavy atom. The standard InChI is InChI=1S/C30H42N4O3.C15H17Cl2N7.C2H4N2.CH3NO/c1-22-2-11-28(29(36)31-22)25-7-9-27(10-8-25)33-14-12-23(13-15-33)20-32-16-18-34(19-17-32)30(37)26-5-3-24(21-35)4-6-26;1-8(23(2)3)14-11(7-19-13-5-12(17)22-24(13)14)21-9-4-10(16)15(18)20-6-9;3-1-2-4;2-1-3/h7-10,21,23-24,26,28H,1-6,11-20H2,(H,31,36);4-8,21H,1-3H3,(H2,18,20);1-4H;1H,(H2,2,3)/t;8-;;/m.1../s1. The highest BCUT2D eigenvalue weighted by Gasteiger charge is 2.32. The third-order valence-corrected chi connectivity index (χ3v) is 13.5. The lowest BCUT2D eigenvalue weighted by molar-refractivity contribution is -0.139. The summed E-state index contributed by atoms with van der Waals surface area (Å²) in [5.74, 6) is 1.60. The number of primary amides is 1. The van der Waals surface area contributed by atoms with Crippen LogP contribution in [0.25, 0.3) is 5.65 Å². The number of amides is 3. The van der Waals surface area contributed by atoms with E-state index < -0.39 is 0 Å². The van der Waals surface area contributed by atoms with Gasteiger partial charge in [0.25, 0.3) is 0 Å². The van der Waals surface area contributed by atoms with Crippen LogP contribution in [-0.4, -0.2) is 131 Å². The molecule has 0 spiro atoms. The fraction of sp³-hybridized carbons (Fsp3) is 0.479. The van der Waals surface area contributed by atoms with E-state index in [2.05, 4.69) is 88.8 Å². The number of piperidine rings is 2. The number of aldehydes is 1. The molecule has 1 aromatic carbocycles. The number of aromatic nitrogens is 4. The van der Waals surface area contributed by atoms with Gasteiger partial charge in [0, 0.05) is 87.5 Å². The zero-order valence-corrected chi connectivity index (χ0v) is 40.8. The summed E-state index contributed by atoms with van der Waals surface area (Å²) in [5, 5.41) is 23.5. The first kappa shape index (κ1) is 53.0. The van der Waals surface area contributed by atoms with E-state index in [0.29, 0.717) is 33.3 Å². The molecular formula is C48H66Cl2N14O4. The molecule has 0 radical (unpaired) electrons. The van der Waals surface area contributed by atoms with E-state index in [9.17, 15) is 14.4 Å². The number of piperazine rings is 1. The van der Waals surface area contributed by atoms with Gasteiger partial charge in [-0.1, -0.05) is 41.9 Å². The molecule has 4 aliphatic rings. The van der Waals surface area contributed by atoms with Crippen LogP contribution in [0.1, 0.15) is 81.5 Å². The number of nitrogens with zero attached hydrogens (tertiary/aromatic N) is 8. The van der Waals surface area contributed by atoms with Crippen LogP contribution in [0.5, 0.6) is 0 Å². The molecule has 0 bridgehead atoms. The van der Waals surface area contributed by atoms with Crippen molar-refractivity contribution in [2.24, 2.45) is 23.5 Å². The summed E-state index contributed by atoms with van der Waals surface area (Å²) < 4.78 is 1.74. The number of anilines is 4. The molecule has 3 amide bonds. The van der Waals surface area contributed by atoms with Crippen LogP contribution in [0, 0.1) is 28.6 Å². The van der Waals surface area contributed by atoms with Crippen LogP contribution >= 0.6 is 23.2 Å². The van der Waals surface area contributed by atoms with Crippen molar-refractivity contribution in [1.82, 2.24) is 39.6 Å². The smallest absolute Gasteiger partial charge is 0.231 e. The Hall–Kier alpha value is -5.95. The van der Waals surface area contributed by atoms with Crippen molar-refractivity contribution in [2.45, 2.75) is 70.3 Å². The summed E-state index contributed by atoms with van der Waals surface area (Å²) in [6, 6.07) is 12.1. The molecule has 3 aromatic heterocycles. The number of rotatable bonds is 11. The van der Waals surface area contributed by atoms with Crippen molar-refractivity contribution in [3.05, 3.63) is 82.5 Å². The summed E-state index contributed by atoms with van der Waals surface area (Å²) >= 11 is 12.1. The number of allylic oxidation sites excluding steroid dienone is 1. The number of halogens is 2. The first-order chi connectivity index (χ1) is 32.7. The zero-order chi connectivity index (χ0) is 49.3. The van der Waals surface area contributed by atoms with Crippen LogP contribution in [0.2, 0.25) is 10.2 Å². The molecule has 20 heteroatoms. The largest absolute Gasteiger partial charge is 0.382 e. The van der Waals surface area contributed by atoms with E-state index in [1.807, 2.05) is 14.1 Å². The molecule has 2 atom stereocenters. The molecule has 68 heavy (non-hydrogen) atoms. The highest BCUT2D eigenvalue weighted by Crippen LogP contribution is 2.33. The minimum absolute atomic E-state index is 0.0613. The van der Waals surface area contributed by atoms with Gasteiger partial charge in [-0.3, -0.25) is 19.3 Å². The summed E-state index contributed by atoms with van der Waals surface area (Å²) in [4.78, 5) is 62.5. The lowest BCUT2D eigenvalue weighted by Crippen LogP contribution is -2.52. The fourth-order valence-corrected chi connectivity index (χ4v) is 9.34. The second-order valence-corrected chi connectivity index (χ2v) is 18.5. The quantitative estimate of drug-likeness (QED) is 0.0714. The molecule has 366 valence electrons. The summed E-state index contributed by atoms with van der Waals surface area (Å²) in [6.07, 6.45) is 14.1. The van der Waals surface area contributed by atoms with Gasteiger partial charge in [0.1, 0.15) is 12.1 Å². The Morgan fingerprint density at radius 3 is 2.18 bits per heavy atom. The minimum Gasteiger partial charge on any atom is -0.382 e. The van der Waals surface area contributed by atoms with Gasteiger partial charge in [-0.2, -0.15) is 5.10 Å². The second-order valence-electron chi connectivity index (χ2n) is 17.7. The maximum absolute atomic E-state index is 12.9. The van der Waals surface area contributed by atoms with Gasteiger partial charge in [-0.25, -0.2) is 14.5 Å². The summed E-state index contributed by atoms with van der Waals surface area (Å²) in [7, 11) is 3.99. The van der Waals surface area contributed by atoms with Crippen LogP contribution in [0.15, 0.2) is 61.1 Å². The van der Waals surface area contributed by atoms with Crippen molar-refractivity contribution in [2.75, 3.05) is 75.9 Å². The van der Waals surface area contributed by atoms with E-state index in [1.165, 1.54) is 18.5 Å². The Labute approximate surface area is 408 Å². The second kappa shape index (κ2) is 26.0. The number of nitrogen functional groups attached to an aromatic ring is 1. The van der Waals surface area contributed by atoms with Crippen molar-refractivity contribution < 1.29 is 19.2 Å².